The highest BCUT2D eigenvalue weighted by Crippen LogP contribution is 2.39. The second-order valence-electron chi connectivity index (χ2n) is 9.79. The SMILES string of the molecule is CC1CC(C)CN(C2=C(c3cccs3)C(=O)N(c3ccc(C(C)(C)C)cc3)C2=O)C1. The van der Waals surface area contributed by atoms with Crippen LogP contribution in [0.15, 0.2) is 47.5 Å². The molecule has 2 aromatic rings. The van der Waals surface area contributed by atoms with Crippen LogP contribution in [0.2, 0.25) is 0 Å². The zero-order valence-corrected chi connectivity index (χ0v) is 19.3. The van der Waals surface area contributed by atoms with Crippen LogP contribution >= 0.6 is 11.3 Å². The first kappa shape index (κ1) is 20.9. The van der Waals surface area contributed by atoms with Gasteiger partial charge in [0.1, 0.15) is 5.70 Å². The summed E-state index contributed by atoms with van der Waals surface area (Å²) >= 11 is 1.51. The summed E-state index contributed by atoms with van der Waals surface area (Å²) in [5, 5.41) is 1.96. The lowest BCUT2D eigenvalue weighted by molar-refractivity contribution is -0.120. The Balaban J connectivity index is 1.75. The van der Waals surface area contributed by atoms with Crippen LogP contribution in [0, 0.1) is 11.8 Å². The Morgan fingerprint density at radius 3 is 2.10 bits per heavy atom. The van der Waals surface area contributed by atoms with E-state index in [1.54, 1.807) is 0 Å². The molecule has 0 N–H and O–H groups in total. The van der Waals surface area contributed by atoms with Crippen molar-refractivity contribution in [3.8, 4) is 0 Å². The minimum atomic E-state index is -0.216. The molecule has 0 spiro atoms. The molecule has 0 radical (unpaired) electrons. The predicted octanol–water partition coefficient (Wildman–Crippen LogP) is 5.31. The Morgan fingerprint density at radius 1 is 0.933 bits per heavy atom. The summed E-state index contributed by atoms with van der Waals surface area (Å²) in [4.78, 5) is 31.5. The second-order valence-corrected chi connectivity index (χ2v) is 10.7. The Bertz CT molecular complexity index is 973. The normalized spacial score (nSPS) is 23.0. The summed E-state index contributed by atoms with van der Waals surface area (Å²) < 4.78 is 0. The largest absolute Gasteiger partial charge is 0.366 e. The van der Waals surface area contributed by atoms with Crippen molar-refractivity contribution in [3.63, 3.8) is 0 Å². The van der Waals surface area contributed by atoms with Crippen LogP contribution in [0.5, 0.6) is 0 Å². The van der Waals surface area contributed by atoms with E-state index in [1.165, 1.54) is 21.8 Å². The molecular weight excluding hydrogens is 392 g/mol. The minimum Gasteiger partial charge on any atom is -0.366 e. The van der Waals surface area contributed by atoms with Crippen molar-refractivity contribution in [1.82, 2.24) is 4.90 Å². The van der Waals surface area contributed by atoms with Gasteiger partial charge in [-0.3, -0.25) is 9.59 Å². The van der Waals surface area contributed by atoms with Gasteiger partial charge in [-0.05, 0) is 52.8 Å². The lowest BCUT2D eigenvalue weighted by atomic mass is 9.87. The lowest BCUT2D eigenvalue weighted by Crippen LogP contribution is -2.42. The molecule has 1 aromatic carbocycles. The molecule has 0 bridgehead atoms. The van der Waals surface area contributed by atoms with Gasteiger partial charge in [0, 0.05) is 18.0 Å². The number of thiophene rings is 1. The molecule has 2 amide bonds. The Hall–Kier alpha value is -2.40. The number of anilines is 1. The van der Waals surface area contributed by atoms with Crippen LogP contribution in [-0.2, 0) is 15.0 Å². The van der Waals surface area contributed by atoms with Gasteiger partial charge >= 0.3 is 0 Å². The number of imide groups is 1. The molecule has 4 nitrogen and oxygen atoms in total. The average molecular weight is 423 g/mol. The van der Waals surface area contributed by atoms with Gasteiger partial charge in [-0.15, -0.1) is 11.3 Å². The summed E-state index contributed by atoms with van der Waals surface area (Å²) in [5.41, 5.74) is 2.95. The third-order valence-electron chi connectivity index (χ3n) is 6.00. The van der Waals surface area contributed by atoms with E-state index in [4.69, 9.17) is 0 Å². The number of carbonyl (C=O) groups excluding carboxylic acids is 2. The van der Waals surface area contributed by atoms with Crippen LogP contribution in [-0.4, -0.2) is 29.8 Å². The van der Waals surface area contributed by atoms with Crippen molar-refractivity contribution in [2.45, 2.75) is 46.5 Å². The highest BCUT2D eigenvalue weighted by Gasteiger charge is 2.44. The number of nitrogens with zero attached hydrogens (tertiary/aromatic N) is 2. The van der Waals surface area contributed by atoms with Crippen molar-refractivity contribution < 1.29 is 9.59 Å². The molecule has 1 fully saturated rings. The van der Waals surface area contributed by atoms with Crippen molar-refractivity contribution in [2.75, 3.05) is 18.0 Å². The summed E-state index contributed by atoms with van der Waals surface area (Å²) in [6, 6.07) is 11.7. The third-order valence-corrected chi connectivity index (χ3v) is 6.89. The molecule has 0 aliphatic carbocycles. The van der Waals surface area contributed by atoms with Gasteiger partial charge in [-0.1, -0.05) is 52.8 Å². The van der Waals surface area contributed by atoms with Gasteiger partial charge in [0.2, 0.25) is 0 Å². The molecule has 4 rings (SSSR count). The fourth-order valence-electron chi connectivity index (χ4n) is 4.64. The van der Waals surface area contributed by atoms with Crippen molar-refractivity contribution in [3.05, 3.63) is 57.9 Å². The summed E-state index contributed by atoms with van der Waals surface area (Å²) in [5.74, 6) is 0.572. The van der Waals surface area contributed by atoms with Gasteiger partial charge in [-0.25, -0.2) is 4.90 Å². The van der Waals surface area contributed by atoms with Gasteiger partial charge in [-0.2, -0.15) is 0 Å². The van der Waals surface area contributed by atoms with E-state index in [0.717, 1.165) is 24.4 Å². The molecule has 158 valence electrons. The molecule has 2 aliphatic rings. The molecule has 2 unspecified atom stereocenters. The van der Waals surface area contributed by atoms with E-state index in [-0.39, 0.29) is 17.2 Å². The van der Waals surface area contributed by atoms with Crippen molar-refractivity contribution in [2.24, 2.45) is 11.8 Å². The van der Waals surface area contributed by atoms with Crippen LogP contribution in [0.1, 0.15) is 51.5 Å². The second kappa shape index (κ2) is 7.69. The number of rotatable bonds is 3. The highest BCUT2D eigenvalue weighted by atomic mass is 32.1. The molecule has 1 aromatic heterocycles. The molecule has 2 atom stereocenters. The number of hydrogen-bond acceptors (Lipinski definition) is 4. The van der Waals surface area contributed by atoms with Crippen LogP contribution < -0.4 is 4.90 Å². The van der Waals surface area contributed by atoms with Crippen LogP contribution in [0.3, 0.4) is 0 Å². The van der Waals surface area contributed by atoms with Gasteiger partial charge in [0.15, 0.2) is 0 Å². The number of benzene rings is 1. The van der Waals surface area contributed by atoms with Crippen molar-refractivity contribution >= 4 is 34.4 Å². The average Bonchev–Trinajstić information content (AvgIpc) is 3.26. The first-order valence-electron chi connectivity index (χ1n) is 10.7. The molecular formula is C25H30N2O2S. The Morgan fingerprint density at radius 2 is 1.57 bits per heavy atom. The van der Waals surface area contributed by atoms with E-state index >= 15 is 0 Å². The molecule has 30 heavy (non-hydrogen) atoms. The maximum absolute atomic E-state index is 13.6. The molecule has 0 saturated carbocycles. The molecule has 5 heteroatoms. The first-order valence-corrected chi connectivity index (χ1v) is 11.6. The quantitative estimate of drug-likeness (QED) is 0.630. The first-order chi connectivity index (χ1) is 14.2. The van der Waals surface area contributed by atoms with E-state index in [1.807, 2.05) is 41.8 Å². The van der Waals surface area contributed by atoms with Gasteiger partial charge in [0.05, 0.1) is 11.3 Å². The Labute approximate surface area is 183 Å². The maximum atomic E-state index is 13.6. The van der Waals surface area contributed by atoms with Crippen molar-refractivity contribution in [1.29, 1.82) is 0 Å². The van der Waals surface area contributed by atoms with Gasteiger partial charge in [0.25, 0.3) is 11.8 Å². The number of hydrogen-bond donors (Lipinski definition) is 0. The fraction of sp³-hybridized carbons (Fsp3) is 0.440. The summed E-state index contributed by atoms with van der Waals surface area (Å²) in [6.45, 7) is 12.5. The minimum absolute atomic E-state index is 0.0170. The lowest BCUT2D eigenvalue weighted by Gasteiger charge is -2.37. The molecule has 1 saturated heterocycles. The highest BCUT2D eigenvalue weighted by molar-refractivity contribution is 7.11. The fourth-order valence-corrected chi connectivity index (χ4v) is 5.41. The van der Waals surface area contributed by atoms with Gasteiger partial charge < -0.3 is 4.90 Å². The Kier molecular flexibility index (Phi) is 5.35. The van der Waals surface area contributed by atoms with Crippen LogP contribution in [0.25, 0.3) is 5.57 Å². The van der Waals surface area contributed by atoms with Crippen LogP contribution in [0.4, 0.5) is 5.69 Å². The number of likely N-dealkylation sites (tertiary alicyclic amines) is 1. The standard InChI is InChI=1S/C25H30N2O2S/c1-16-13-17(2)15-26(14-16)22-21(20-7-6-12-30-20)23(28)27(24(22)29)19-10-8-18(9-11-19)25(3,4)5/h6-12,16-17H,13-15H2,1-5H3. The summed E-state index contributed by atoms with van der Waals surface area (Å²) in [6.07, 6.45) is 1.15. The monoisotopic (exact) mass is 422 g/mol. The molecule has 2 aliphatic heterocycles. The van der Waals surface area contributed by atoms with E-state index in [9.17, 15) is 9.59 Å². The zero-order valence-electron chi connectivity index (χ0n) is 18.4. The number of carbonyl (C=O) groups is 2. The van der Waals surface area contributed by atoms with E-state index in [2.05, 4.69) is 39.5 Å². The summed E-state index contributed by atoms with van der Waals surface area (Å²) in [7, 11) is 0. The third kappa shape index (κ3) is 3.71. The zero-order chi connectivity index (χ0) is 21.6. The predicted molar refractivity (Wildman–Crippen MR) is 123 cm³/mol. The topological polar surface area (TPSA) is 40.6 Å². The van der Waals surface area contributed by atoms with E-state index < -0.39 is 0 Å². The molecule has 3 heterocycles. The number of amides is 2. The maximum Gasteiger partial charge on any atom is 0.282 e. The smallest absolute Gasteiger partial charge is 0.282 e. The van der Waals surface area contributed by atoms with E-state index in [0.29, 0.717) is 28.8 Å². The number of piperidine rings is 1.